The normalized spacial score (nSPS) is 15.1. The molecule has 2 amide bonds. The van der Waals surface area contributed by atoms with Crippen LogP contribution in [-0.4, -0.2) is 57.3 Å². The van der Waals surface area contributed by atoms with E-state index in [1.165, 1.54) is 11.3 Å². The summed E-state index contributed by atoms with van der Waals surface area (Å²) in [7, 11) is 0. The molecule has 0 aliphatic heterocycles. The predicted molar refractivity (Wildman–Crippen MR) is 198 cm³/mol. The number of aromatic nitrogens is 3. The van der Waals surface area contributed by atoms with E-state index in [4.69, 9.17) is 36.5 Å². The molecule has 5 rings (SSSR count). The summed E-state index contributed by atoms with van der Waals surface area (Å²) < 4.78 is 18.9. The van der Waals surface area contributed by atoms with Crippen LogP contribution in [0.15, 0.2) is 61.1 Å². The lowest BCUT2D eigenvalue weighted by Crippen LogP contribution is -2.47. The minimum atomic E-state index is -0.837. The van der Waals surface area contributed by atoms with Crippen LogP contribution in [0.2, 0.25) is 5.02 Å². The summed E-state index contributed by atoms with van der Waals surface area (Å²) in [6, 6.07) is 12.3. The second-order valence-electron chi connectivity index (χ2n) is 13.5. The number of imidazole rings is 1. The zero-order valence-corrected chi connectivity index (χ0v) is 31.0. The number of benzene rings is 1. The molecule has 0 spiro atoms. The van der Waals surface area contributed by atoms with Crippen molar-refractivity contribution in [3.63, 3.8) is 0 Å². The van der Waals surface area contributed by atoms with Crippen LogP contribution in [0.5, 0.6) is 5.75 Å². The molecule has 0 saturated heterocycles. The van der Waals surface area contributed by atoms with Gasteiger partial charge in [0, 0.05) is 35.2 Å². The fourth-order valence-corrected chi connectivity index (χ4v) is 6.76. The number of esters is 1. The number of rotatable bonds is 13. The molecule has 14 heteroatoms. The number of nitrogens with two attached hydrogens (primary N) is 1. The number of carbonyl (C=O) groups is 3. The smallest absolute Gasteiger partial charge is 0.408 e. The van der Waals surface area contributed by atoms with Crippen LogP contribution in [0.25, 0.3) is 11.1 Å². The molecule has 0 radical (unpaired) electrons. The summed E-state index contributed by atoms with van der Waals surface area (Å²) in [4.78, 5) is 46.8. The Morgan fingerprint density at radius 3 is 2.59 bits per heavy atom. The van der Waals surface area contributed by atoms with Gasteiger partial charge in [0.15, 0.2) is 0 Å². The standard InChI is InChI=1S/C37H43ClN6O6S/c1-21(2)32(43-36(47)50-37(4,5)6)35(46)48-16-15-41-30-18-24(13-14-40-30)23-11-12-28-27(17-23)42-20-44(28)31-19-29(33(51-31)34(39)45)49-22(3)25-9-7-8-10-26(25)38/h7-14,18-23,32H,15-17H2,1-6H3,(H2,39,45)(H,40,41)(H,43,47)/t22-,23?,32+/m1/s1. The number of nitrogens with one attached hydrogen (secondary N) is 2. The molecule has 51 heavy (non-hydrogen) atoms. The maximum atomic E-state index is 12.7. The Bertz CT molecular complexity index is 1910. The fraction of sp³-hybridized carbons (Fsp3) is 0.378. The summed E-state index contributed by atoms with van der Waals surface area (Å²) in [5.41, 5.74) is 8.71. The molecule has 3 heterocycles. The van der Waals surface area contributed by atoms with Gasteiger partial charge in [0.2, 0.25) is 0 Å². The number of thiophene rings is 1. The van der Waals surface area contributed by atoms with Crippen molar-refractivity contribution in [3.8, 4) is 10.8 Å². The van der Waals surface area contributed by atoms with E-state index in [0.717, 1.165) is 27.5 Å². The maximum Gasteiger partial charge on any atom is 0.408 e. The molecule has 3 aromatic heterocycles. The number of pyridine rings is 1. The van der Waals surface area contributed by atoms with E-state index >= 15 is 0 Å². The van der Waals surface area contributed by atoms with Crippen molar-refractivity contribution in [2.24, 2.45) is 11.7 Å². The third-order valence-electron chi connectivity index (χ3n) is 8.03. The Hall–Kier alpha value is -4.88. The van der Waals surface area contributed by atoms with Crippen LogP contribution in [0.3, 0.4) is 0 Å². The molecule has 1 aromatic carbocycles. The highest BCUT2D eigenvalue weighted by molar-refractivity contribution is 7.16. The molecule has 1 unspecified atom stereocenters. The van der Waals surface area contributed by atoms with Crippen LogP contribution >= 0.6 is 22.9 Å². The molecule has 1 aliphatic rings. The molecule has 4 aromatic rings. The fourth-order valence-electron chi connectivity index (χ4n) is 5.54. The number of amides is 2. The first kappa shape index (κ1) is 37.4. The number of carbonyl (C=O) groups excluding carboxylic acids is 3. The number of hydrogen-bond acceptors (Lipinski definition) is 10. The van der Waals surface area contributed by atoms with Crippen molar-refractivity contribution in [2.45, 2.75) is 71.6 Å². The summed E-state index contributed by atoms with van der Waals surface area (Å²) in [6.45, 7) is 11.2. The first-order valence-corrected chi connectivity index (χ1v) is 17.8. The number of allylic oxidation sites excluding steroid dienone is 1. The Morgan fingerprint density at radius 1 is 1.12 bits per heavy atom. The second-order valence-corrected chi connectivity index (χ2v) is 14.9. The van der Waals surface area contributed by atoms with E-state index < -0.39 is 35.7 Å². The van der Waals surface area contributed by atoms with Gasteiger partial charge in [-0.3, -0.25) is 9.36 Å². The quantitative estimate of drug-likeness (QED) is 0.0964. The van der Waals surface area contributed by atoms with Crippen molar-refractivity contribution in [1.82, 2.24) is 19.9 Å². The number of anilines is 1. The molecule has 0 fully saturated rings. The largest absolute Gasteiger partial charge is 0.484 e. The van der Waals surface area contributed by atoms with E-state index in [9.17, 15) is 14.4 Å². The molecular weight excluding hydrogens is 692 g/mol. The highest BCUT2D eigenvalue weighted by Gasteiger charge is 2.28. The van der Waals surface area contributed by atoms with Gasteiger partial charge in [0.05, 0.1) is 17.9 Å². The average Bonchev–Trinajstić information content (AvgIpc) is 3.69. The highest BCUT2D eigenvalue weighted by Crippen LogP contribution is 2.38. The number of nitrogens with zero attached hydrogens (tertiary/aromatic N) is 3. The lowest BCUT2D eigenvalue weighted by atomic mass is 9.90. The van der Waals surface area contributed by atoms with Crippen molar-refractivity contribution >= 4 is 52.8 Å². The summed E-state index contributed by atoms with van der Waals surface area (Å²) in [5, 5.41) is 7.14. The molecule has 0 saturated carbocycles. The van der Waals surface area contributed by atoms with Gasteiger partial charge in [-0.2, -0.15) is 0 Å². The van der Waals surface area contributed by atoms with Crippen molar-refractivity contribution in [3.05, 3.63) is 93.5 Å². The Balaban J connectivity index is 1.20. The molecule has 12 nitrogen and oxygen atoms in total. The topological polar surface area (TPSA) is 160 Å². The van der Waals surface area contributed by atoms with Crippen LogP contribution in [0.4, 0.5) is 10.6 Å². The second kappa shape index (κ2) is 16.0. The van der Waals surface area contributed by atoms with E-state index in [-0.39, 0.29) is 18.4 Å². The average molecular weight is 735 g/mol. The lowest BCUT2D eigenvalue weighted by Gasteiger charge is -2.24. The molecular formula is C37H43ClN6O6S. The SMILES string of the molecule is CC(C)[C@H](NC(=O)OC(C)(C)C)C(=O)OCCNc1cc(C2C=Cc3c(ncn3-c3cc(O[C@H](C)c4ccccc4Cl)c(C(N)=O)s3)C2)ccn1. The predicted octanol–water partition coefficient (Wildman–Crippen LogP) is 7.08. The lowest BCUT2D eigenvalue weighted by molar-refractivity contribution is -0.147. The van der Waals surface area contributed by atoms with Crippen LogP contribution in [0, 0.1) is 5.92 Å². The summed E-state index contributed by atoms with van der Waals surface area (Å²) in [6.07, 6.45) is 7.19. The van der Waals surface area contributed by atoms with Gasteiger partial charge in [-0.15, -0.1) is 11.3 Å². The highest BCUT2D eigenvalue weighted by atomic mass is 35.5. The van der Waals surface area contributed by atoms with Crippen LogP contribution in [0.1, 0.15) is 85.8 Å². The monoisotopic (exact) mass is 734 g/mol. The number of primary amides is 1. The van der Waals surface area contributed by atoms with Gasteiger partial charge in [0.25, 0.3) is 5.91 Å². The van der Waals surface area contributed by atoms with Gasteiger partial charge >= 0.3 is 12.1 Å². The minimum absolute atomic E-state index is 0.0489. The minimum Gasteiger partial charge on any atom is -0.484 e. The Morgan fingerprint density at radius 2 is 1.88 bits per heavy atom. The van der Waals surface area contributed by atoms with Crippen molar-refractivity contribution < 1.29 is 28.6 Å². The Labute approximate surface area is 306 Å². The van der Waals surface area contributed by atoms with Gasteiger partial charge in [-0.1, -0.05) is 49.7 Å². The number of fused-ring (bicyclic) bond motifs is 1. The number of hydrogen-bond donors (Lipinski definition) is 3. The zero-order chi connectivity index (χ0) is 36.9. The zero-order valence-electron chi connectivity index (χ0n) is 29.4. The Kier molecular flexibility index (Phi) is 11.7. The summed E-state index contributed by atoms with van der Waals surface area (Å²) >= 11 is 7.62. The first-order chi connectivity index (χ1) is 24.2. The van der Waals surface area contributed by atoms with Gasteiger partial charge < -0.3 is 30.6 Å². The number of alkyl carbamates (subject to hydrolysis) is 1. The molecule has 1 aliphatic carbocycles. The molecule has 3 atom stereocenters. The molecule has 270 valence electrons. The van der Waals surface area contributed by atoms with Gasteiger partial charge in [-0.05, 0) is 63.5 Å². The third-order valence-corrected chi connectivity index (χ3v) is 9.51. The maximum absolute atomic E-state index is 12.7. The van der Waals surface area contributed by atoms with E-state index in [1.54, 1.807) is 45.4 Å². The van der Waals surface area contributed by atoms with Crippen molar-refractivity contribution in [1.29, 1.82) is 0 Å². The first-order valence-electron chi connectivity index (χ1n) is 16.7. The van der Waals surface area contributed by atoms with E-state index in [1.807, 2.05) is 61.7 Å². The van der Waals surface area contributed by atoms with Crippen molar-refractivity contribution in [2.75, 3.05) is 18.5 Å². The van der Waals surface area contributed by atoms with E-state index in [0.29, 0.717) is 34.4 Å². The molecule has 0 bridgehead atoms. The van der Waals surface area contributed by atoms with E-state index in [2.05, 4.69) is 21.7 Å². The van der Waals surface area contributed by atoms with Gasteiger partial charge in [-0.25, -0.2) is 19.6 Å². The van der Waals surface area contributed by atoms with Crippen LogP contribution in [-0.2, 0) is 20.7 Å². The summed E-state index contributed by atoms with van der Waals surface area (Å²) in [5.74, 6) is -0.230. The molecule has 4 N–H and O–H groups in total. The third kappa shape index (κ3) is 9.47. The van der Waals surface area contributed by atoms with Gasteiger partial charge in [0.1, 0.15) is 52.1 Å². The van der Waals surface area contributed by atoms with Crippen LogP contribution < -0.4 is 21.1 Å². The number of ether oxygens (including phenoxy) is 3. The number of halogens is 1.